The molecule has 4 saturated heterocycles. The van der Waals surface area contributed by atoms with Crippen molar-refractivity contribution >= 4 is 11.8 Å². The number of hydrogen-bond donors (Lipinski definition) is 13. The Morgan fingerprint density at radius 1 is 0.431 bits per heavy atom. The van der Waals surface area contributed by atoms with Crippen LogP contribution in [0.5, 0.6) is 0 Å². The van der Waals surface area contributed by atoms with Crippen LogP contribution in [-0.2, 0) is 33.2 Å². The van der Waals surface area contributed by atoms with Crippen molar-refractivity contribution in [1.29, 1.82) is 0 Å². The number of benzene rings is 1. The molecule has 4 aliphatic rings. The van der Waals surface area contributed by atoms with Gasteiger partial charge in [-0.1, -0.05) is 30.0 Å². The number of thioether (sulfide) groups is 1. The van der Waals surface area contributed by atoms with Crippen LogP contribution in [0.25, 0.3) is 0 Å². The topological polar surface area (TPSA) is 328 Å². The summed E-state index contributed by atoms with van der Waals surface area (Å²) in [6.07, 6.45) is -32.4. The predicted octanol–water partition coefficient (Wildman–Crippen LogP) is -6.95. The van der Waals surface area contributed by atoms with Gasteiger partial charge in [0, 0.05) is 4.90 Å². The van der Waals surface area contributed by atoms with Crippen LogP contribution in [0, 0.1) is 0 Å². The highest BCUT2D eigenvalue weighted by Crippen LogP contribution is 2.37. The molecule has 0 bridgehead atoms. The lowest BCUT2D eigenvalue weighted by Crippen LogP contribution is -2.67. The maximum Gasteiger partial charge on any atom is 0.187 e. The molecule has 4 aliphatic heterocycles. The molecule has 20 atom stereocenters. The second-order valence-corrected chi connectivity index (χ2v) is 13.7. The van der Waals surface area contributed by atoms with Gasteiger partial charge in [-0.05, 0) is 12.1 Å². The summed E-state index contributed by atoms with van der Waals surface area (Å²) in [6, 6.07) is 8.82. The van der Waals surface area contributed by atoms with Crippen molar-refractivity contribution in [3.8, 4) is 0 Å². The first kappa shape index (κ1) is 40.9. The molecule has 0 spiro atoms. The van der Waals surface area contributed by atoms with Crippen molar-refractivity contribution in [2.24, 2.45) is 0 Å². The van der Waals surface area contributed by atoms with Crippen molar-refractivity contribution in [3.63, 3.8) is 0 Å². The van der Waals surface area contributed by atoms with Gasteiger partial charge < -0.3 is 99.5 Å². The fourth-order valence-corrected chi connectivity index (χ4v) is 7.34. The lowest BCUT2D eigenvalue weighted by Gasteiger charge is -2.49. The van der Waals surface area contributed by atoms with E-state index in [0.29, 0.717) is 4.90 Å². The van der Waals surface area contributed by atoms with Crippen LogP contribution < -0.4 is 0 Å². The first-order valence-corrected chi connectivity index (χ1v) is 17.1. The lowest BCUT2D eigenvalue weighted by atomic mass is 9.95. The molecule has 0 unspecified atom stereocenters. The van der Waals surface area contributed by atoms with E-state index in [2.05, 4.69) is 0 Å². The van der Waals surface area contributed by atoms with Crippen LogP contribution in [0.1, 0.15) is 0 Å². The van der Waals surface area contributed by atoms with Crippen LogP contribution in [0.4, 0.5) is 0 Å². The quantitative estimate of drug-likeness (QED) is 0.0942. The highest BCUT2D eigenvalue weighted by molar-refractivity contribution is 7.99. The van der Waals surface area contributed by atoms with Gasteiger partial charge in [0.25, 0.3) is 0 Å². The molecule has 0 aromatic heterocycles. The Balaban J connectivity index is 1.23. The molecule has 0 radical (unpaired) electrons. The second-order valence-electron chi connectivity index (χ2n) is 12.6. The predicted molar refractivity (Wildman–Crippen MR) is 164 cm³/mol. The van der Waals surface area contributed by atoms with E-state index in [4.69, 9.17) is 33.2 Å². The zero-order valence-electron chi connectivity index (χ0n) is 26.8. The lowest BCUT2D eigenvalue weighted by molar-refractivity contribution is -0.384. The van der Waals surface area contributed by atoms with Crippen LogP contribution in [-0.4, -0.2) is 215 Å². The molecule has 20 nitrogen and oxygen atoms in total. The van der Waals surface area contributed by atoms with E-state index in [1.165, 1.54) is 0 Å². The molecule has 1 aromatic rings. The molecule has 13 N–H and O–H groups in total. The molecule has 0 aliphatic carbocycles. The largest absolute Gasteiger partial charge is 0.394 e. The Kier molecular flexibility index (Phi) is 14.4. The SMILES string of the molecule is OC[C@H]1O[C@@H](O[C@H]2[C@H](O)[C@@H](O)[C@H](O[C@H]3[C@H](O)[C@@H](O)[C@H](O[C@H]4[C@H](O)[C@@H](O)[C@H](Sc5ccccc5)O[C@@H]4CO)O[C@@H]3CO)O[C@@H]2CO)[C@H](O)[C@@H](O)[C@H]1O. The minimum absolute atomic E-state index is 0.687. The summed E-state index contributed by atoms with van der Waals surface area (Å²) in [5.41, 5.74) is -1.02. The molecule has 21 heteroatoms. The molecular formula is C30H46O20S. The minimum Gasteiger partial charge on any atom is -0.394 e. The van der Waals surface area contributed by atoms with Crippen LogP contribution in [0.15, 0.2) is 35.2 Å². The minimum atomic E-state index is -2.01. The van der Waals surface area contributed by atoms with Crippen molar-refractivity contribution in [2.75, 3.05) is 26.4 Å². The Bertz CT molecular complexity index is 1200. The Labute approximate surface area is 294 Å². The average molecular weight is 759 g/mol. The van der Waals surface area contributed by atoms with E-state index in [-0.39, 0.29) is 0 Å². The molecule has 4 fully saturated rings. The molecule has 0 saturated carbocycles. The fourth-order valence-electron chi connectivity index (χ4n) is 6.26. The van der Waals surface area contributed by atoms with E-state index in [0.717, 1.165) is 11.8 Å². The maximum atomic E-state index is 11.1. The summed E-state index contributed by atoms with van der Waals surface area (Å²) in [6.45, 7) is -3.23. The molecular weight excluding hydrogens is 712 g/mol. The molecule has 292 valence electrons. The summed E-state index contributed by atoms with van der Waals surface area (Å²) in [4.78, 5) is 0.706. The summed E-state index contributed by atoms with van der Waals surface area (Å²) in [5, 5.41) is 136. The van der Waals surface area contributed by atoms with Gasteiger partial charge in [0.05, 0.1) is 26.4 Å². The highest BCUT2D eigenvalue weighted by Gasteiger charge is 2.55. The van der Waals surface area contributed by atoms with E-state index in [9.17, 15) is 66.4 Å². The van der Waals surface area contributed by atoms with Gasteiger partial charge in [0.2, 0.25) is 0 Å². The van der Waals surface area contributed by atoms with E-state index < -0.39 is 148 Å². The third kappa shape index (κ3) is 8.69. The summed E-state index contributed by atoms with van der Waals surface area (Å²) >= 11 is 1.09. The van der Waals surface area contributed by atoms with Gasteiger partial charge in [-0.25, -0.2) is 0 Å². The normalized spacial score (nSPS) is 48.0. The fraction of sp³-hybridized carbons (Fsp3) is 0.800. The Morgan fingerprint density at radius 2 is 0.804 bits per heavy atom. The average Bonchev–Trinajstić information content (AvgIpc) is 3.14. The monoisotopic (exact) mass is 758 g/mol. The van der Waals surface area contributed by atoms with Gasteiger partial charge in [-0.15, -0.1) is 0 Å². The number of ether oxygens (including phenoxy) is 7. The smallest absolute Gasteiger partial charge is 0.187 e. The van der Waals surface area contributed by atoms with Crippen LogP contribution in [0.3, 0.4) is 0 Å². The first-order chi connectivity index (χ1) is 24.3. The van der Waals surface area contributed by atoms with E-state index in [1.807, 2.05) is 0 Å². The van der Waals surface area contributed by atoms with E-state index in [1.54, 1.807) is 30.3 Å². The molecule has 5 rings (SSSR count). The highest BCUT2D eigenvalue weighted by atomic mass is 32.2. The summed E-state index contributed by atoms with van der Waals surface area (Å²) < 4.78 is 39.1. The van der Waals surface area contributed by atoms with Crippen molar-refractivity contribution in [3.05, 3.63) is 30.3 Å². The molecule has 1 aromatic carbocycles. The summed E-state index contributed by atoms with van der Waals surface area (Å²) in [7, 11) is 0. The number of rotatable bonds is 12. The third-order valence-corrected chi connectivity index (χ3v) is 10.3. The number of aliphatic hydroxyl groups is 13. The first-order valence-electron chi connectivity index (χ1n) is 16.2. The molecule has 51 heavy (non-hydrogen) atoms. The molecule has 4 heterocycles. The van der Waals surface area contributed by atoms with Crippen molar-refractivity contribution in [1.82, 2.24) is 0 Å². The summed E-state index contributed by atoms with van der Waals surface area (Å²) in [5.74, 6) is 0. The molecule has 0 amide bonds. The zero-order chi connectivity index (χ0) is 37.1. The Hall–Kier alpha value is -1.23. The number of hydrogen-bond acceptors (Lipinski definition) is 21. The van der Waals surface area contributed by atoms with Gasteiger partial charge in [0.15, 0.2) is 18.9 Å². The van der Waals surface area contributed by atoms with E-state index >= 15 is 0 Å². The number of aliphatic hydroxyl groups excluding tert-OH is 13. The van der Waals surface area contributed by atoms with Gasteiger partial charge in [0.1, 0.15) is 103 Å². The Morgan fingerprint density at radius 3 is 1.24 bits per heavy atom. The zero-order valence-corrected chi connectivity index (χ0v) is 27.7. The van der Waals surface area contributed by atoms with Crippen LogP contribution >= 0.6 is 11.8 Å². The van der Waals surface area contributed by atoms with Gasteiger partial charge in [-0.3, -0.25) is 0 Å². The standard InChI is InChI=1S/C30H46O20S/c31-6-11-15(35)16(36)20(40)27(44-11)48-24-12(7-32)45-28(21(41)17(24)37)49-25-13(8-33)46-29(22(42)18(25)38)50-26-14(9-34)47-30(23(43)19(26)39)51-10-4-2-1-3-5-10/h1-5,11-43H,6-9H2/t11-,12-,13-,14-,15+,16+,17-,18-,19-,20-,21-,22-,23-,24-,25-,26-,27+,28+,29+,30+/m1/s1. The van der Waals surface area contributed by atoms with Gasteiger partial charge in [-0.2, -0.15) is 0 Å². The van der Waals surface area contributed by atoms with Crippen molar-refractivity contribution < 1.29 is 99.5 Å². The third-order valence-electron chi connectivity index (χ3n) is 9.18. The maximum absolute atomic E-state index is 11.1. The van der Waals surface area contributed by atoms with Gasteiger partial charge >= 0.3 is 0 Å². The second kappa shape index (κ2) is 17.9. The van der Waals surface area contributed by atoms with Crippen LogP contribution in [0.2, 0.25) is 0 Å². The van der Waals surface area contributed by atoms with Crippen molar-refractivity contribution in [2.45, 2.75) is 127 Å².